The molecule has 5 heteroatoms. The summed E-state index contributed by atoms with van der Waals surface area (Å²) in [7, 11) is 0. The highest BCUT2D eigenvalue weighted by atomic mass is 79.9. The molecule has 1 aromatic rings. The van der Waals surface area contributed by atoms with Crippen LogP contribution >= 0.6 is 27.5 Å². The molecule has 60 valence electrons. The largest absolute Gasteiger partial charge is 0.279 e. The van der Waals surface area contributed by atoms with Gasteiger partial charge in [0.1, 0.15) is 6.04 Å². The maximum Gasteiger partial charge on any atom is 0.245 e. The minimum absolute atomic E-state index is 0.400. The molecule has 0 saturated heterocycles. The first-order chi connectivity index (χ1) is 5.11. The molecule has 1 aromatic heterocycles. The average Bonchev–Trinajstić information content (AvgIpc) is 2.34. The summed E-state index contributed by atoms with van der Waals surface area (Å²) in [6, 6.07) is -0.400. The predicted molar refractivity (Wildman–Crippen MR) is 45.5 cm³/mol. The Hall–Kier alpha value is -0.350. The Labute approximate surface area is 77.5 Å². The van der Waals surface area contributed by atoms with Crippen molar-refractivity contribution in [1.29, 1.82) is 0 Å². The van der Waals surface area contributed by atoms with Gasteiger partial charge in [-0.3, -0.25) is 9.48 Å². The van der Waals surface area contributed by atoms with Crippen molar-refractivity contribution < 1.29 is 4.79 Å². The fraction of sp³-hybridized carbons (Fsp3) is 0.333. The molecule has 0 aliphatic heterocycles. The molecule has 0 unspecified atom stereocenters. The zero-order valence-corrected chi connectivity index (χ0v) is 8.13. The summed E-state index contributed by atoms with van der Waals surface area (Å²) >= 11 is 8.47. The molecule has 0 bridgehead atoms. The van der Waals surface area contributed by atoms with E-state index in [1.165, 1.54) is 4.68 Å². The second kappa shape index (κ2) is 3.36. The Morgan fingerprint density at radius 1 is 1.91 bits per heavy atom. The molecule has 0 aliphatic rings. The molecule has 0 amide bonds. The summed E-state index contributed by atoms with van der Waals surface area (Å²) in [5.41, 5.74) is 0. The van der Waals surface area contributed by atoms with E-state index in [-0.39, 0.29) is 0 Å². The van der Waals surface area contributed by atoms with Gasteiger partial charge in [0, 0.05) is 6.20 Å². The maximum atomic E-state index is 10.6. The number of halogens is 2. The minimum atomic E-state index is -0.416. The van der Waals surface area contributed by atoms with Gasteiger partial charge in [0.2, 0.25) is 5.24 Å². The summed E-state index contributed by atoms with van der Waals surface area (Å²) in [6.45, 7) is 1.69. The van der Waals surface area contributed by atoms with Crippen LogP contribution in [-0.4, -0.2) is 15.0 Å². The van der Waals surface area contributed by atoms with Crippen LogP contribution in [0.4, 0.5) is 0 Å². The van der Waals surface area contributed by atoms with Gasteiger partial charge < -0.3 is 0 Å². The topological polar surface area (TPSA) is 34.9 Å². The van der Waals surface area contributed by atoms with Crippen LogP contribution in [0.3, 0.4) is 0 Å². The average molecular weight is 237 g/mol. The quantitative estimate of drug-likeness (QED) is 0.737. The van der Waals surface area contributed by atoms with Crippen molar-refractivity contribution in [2.75, 3.05) is 0 Å². The number of carbonyl (C=O) groups excluding carboxylic acids is 1. The van der Waals surface area contributed by atoms with Crippen molar-refractivity contribution in [3.05, 3.63) is 16.9 Å². The van der Waals surface area contributed by atoms with E-state index in [0.29, 0.717) is 0 Å². The second-order valence-corrected chi connectivity index (χ2v) is 3.41. The van der Waals surface area contributed by atoms with Gasteiger partial charge in [-0.2, -0.15) is 5.10 Å². The molecule has 0 radical (unpaired) electrons. The predicted octanol–water partition coefficient (Wildman–Crippen LogP) is 1.97. The van der Waals surface area contributed by atoms with Crippen LogP contribution in [0.25, 0.3) is 0 Å². The lowest BCUT2D eigenvalue weighted by Gasteiger charge is -2.04. The Morgan fingerprint density at radius 2 is 2.55 bits per heavy atom. The third kappa shape index (κ3) is 2.04. The van der Waals surface area contributed by atoms with Crippen LogP contribution in [0.1, 0.15) is 13.0 Å². The zero-order chi connectivity index (χ0) is 8.43. The van der Waals surface area contributed by atoms with Crippen molar-refractivity contribution in [2.45, 2.75) is 13.0 Å². The highest BCUT2D eigenvalue weighted by Gasteiger charge is 2.11. The van der Waals surface area contributed by atoms with E-state index in [2.05, 4.69) is 21.0 Å². The molecule has 0 N–H and O–H groups in total. The first-order valence-corrected chi connectivity index (χ1v) is 4.17. The van der Waals surface area contributed by atoms with E-state index in [9.17, 15) is 4.79 Å². The fourth-order valence-electron chi connectivity index (χ4n) is 0.631. The highest BCUT2D eigenvalue weighted by Crippen LogP contribution is 2.13. The van der Waals surface area contributed by atoms with Gasteiger partial charge in [0.05, 0.1) is 10.7 Å². The lowest BCUT2D eigenvalue weighted by atomic mass is 10.4. The number of carbonyl (C=O) groups is 1. The molecule has 0 fully saturated rings. The SMILES string of the molecule is C[C@H](C(=O)Cl)n1cc(Br)cn1. The highest BCUT2D eigenvalue weighted by molar-refractivity contribution is 9.10. The molecule has 11 heavy (non-hydrogen) atoms. The zero-order valence-electron chi connectivity index (χ0n) is 5.79. The van der Waals surface area contributed by atoms with Crippen LogP contribution in [0.2, 0.25) is 0 Å². The van der Waals surface area contributed by atoms with E-state index in [1.54, 1.807) is 19.3 Å². The molecular weight excluding hydrogens is 231 g/mol. The van der Waals surface area contributed by atoms with Gasteiger partial charge in [0.25, 0.3) is 0 Å². The Kier molecular flexibility index (Phi) is 2.67. The van der Waals surface area contributed by atoms with Gasteiger partial charge in [-0.25, -0.2) is 0 Å². The molecule has 1 rings (SSSR count). The molecular formula is C6H6BrClN2O. The number of hydrogen-bond acceptors (Lipinski definition) is 2. The smallest absolute Gasteiger partial charge is 0.245 e. The Balaban J connectivity index is 2.84. The van der Waals surface area contributed by atoms with Crippen LogP contribution < -0.4 is 0 Å². The molecule has 1 atom stereocenters. The van der Waals surface area contributed by atoms with Gasteiger partial charge >= 0.3 is 0 Å². The summed E-state index contributed by atoms with van der Waals surface area (Å²) < 4.78 is 2.33. The van der Waals surface area contributed by atoms with Crippen LogP contribution in [0.5, 0.6) is 0 Å². The summed E-state index contributed by atoms with van der Waals surface area (Å²) in [6.07, 6.45) is 3.31. The van der Waals surface area contributed by atoms with E-state index >= 15 is 0 Å². The van der Waals surface area contributed by atoms with Crippen LogP contribution in [0.15, 0.2) is 16.9 Å². The minimum Gasteiger partial charge on any atom is -0.279 e. The number of hydrogen-bond donors (Lipinski definition) is 0. The van der Waals surface area contributed by atoms with Crippen molar-refractivity contribution in [3.8, 4) is 0 Å². The van der Waals surface area contributed by atoms with Crippen molar-refractivity contribution in [2.24, 2.45) is 0 Å². The molecule has 3 nitrogen and oxygen atoms in total. The van der Waals surface area contributed by atoms with Gasteiger partial charge in [0.15, 0.2) is 0 Å². The monoisotopic (exact) mass is 236 g/mol. The van der Waals surface area contributed by atoms with Crippen LogP contribution in [0, 0.1) is 0 Å². The molecule has 0 aromatic carbocycles. The Morgan fingerprint density at radius 3 is 2.91 bits per heavy atom. The number of rotatable bonds is 2. The van der Waals surface area contributed by atoms with E-state index in [0.717, 1.165) is 4.47 Å². The van der Waals surface area contributed by atoms with Gasteiger partial charge in [-0.1, -0.05) is 0 Å². The third-order valence-corrected chi connectivity index (χ3v) is 2.02. The molecule has 0 spiro atoms. The first-order valence-electron chi connectivity index (χ1n) is 3.00. The van der Waals surface area contributed by atoms with Gasteiger partial charge in [-0.15, -0.1) is 0 Å². The lowest BCUT2D eigenvalue weighted by Crippen LogP contribution is -2.11. The van der Waals surface area contributed by atoms with Gasteiger partial charge in [-0.05, 0) is 34.5 Å². The summed E-state index contributed by atoms with van der Waals surface area (Å²) in [5.74, 6) is 0. The maximum absolute atomic E-state index is 10.6. The van der Waals surface area contributed by atoms with Crippen molar-refractivity contribution >= 4 is 32.8 Å². The molecule has 1 heterocycles. The molecule has 0 aliphatic carbocycles. The van der Waals surface area contributed by atoms with Crippen LogP contribution in [-0.2, 0) is 4.79 Å². The second-order valence-electron chi connectivity index (χ2n) is 2.12. The normalized spacial score (nSPS) is 13.0. The number of aromatic nitrogens is 2. The molecule has 0 saturated carbocycles. The lowest BCUT2D eigenvalue weighted by molar-refractivity contribution is -0.114. The summed E-state index contributed by atoms with van der Waals surface area (Å²) in [4.78, 5) is 10.6. The number of nitrogens with zero attached hydrogens (tertiary/aromatic N) is 2. The van der Waals surface area contributed by atoms with E-state index < -0.39 is 11.3 Å². The Bertz CT molecular complexity index is 273. The third-order valence-electron chi connectivity index (χ3n) is 1.30. The first kappa shape index (κ1) is 8.74. The standard InChI is InChI=1S/C6H6BrClN2O/c1-4(6(8)11)10-3-5(7)2-9-10/h2-4H,1H3/t4-/m1/s1. The summed E-state index contributed by atoms with van der Waals surface area (Å²) in [5, 5.41) is 3.49. The van der Waals surface area contributed by atoms with Crippen molar-refractivity contribution in [1.82, 2.24) is 9.78 Å². The van der Waals surface area contributed by atoms with E-state index in [4.69, 9.17) is 11.6 Å². The van der Waals surface area contributed by atoms with Crippen molar-refractivity contribution in [3.63, 3.8) is 0 Å². The van der Waals surface area contributed by atoms with E-state index in [1.807, 2.05) is 0 Å². The fourth-order valence-corrected chi connectivity index (χ4v) is 1.03.